The van der Waals surface area contributed by atoms with E-state index >= 15 is 0 Å². The molecule has 0 bridgehead atoms. The zero-order valence-corrected chi connectivity index (χ0v) is 48.6. The quantitative estimate of drug-likeness (QED) is 0.0127. The summed E-state index contributed by atoms with van der Waals surface area (Å²) in [5.41, 5.74) is -1.20. The van der Waals surface area contributed by atoms with Crippen LogP contribution in [0.2, 0.25) is 5.02 Å². The molecule has 6 aromatic rings. The Labute approximate surface area is 480 Å². The van der Waals surface area contributed by atoms with Crippen LogP contribution < -0.4 is 45.5 Å². The summed E-state index contributed by atoms with van der Waals surface area (Å²) in [4.78, 5) is 93.6. The Hall–Kier alpha value is -8.29. The van der Waals surface area contributed by atoms with Crippen molar-refractivity contribution in [2.45, 2.75) is 110 Å². The van der Waals surface area contributed by atoms with E-state index in [0.29, 0.717) is 40.8 Å². The first kappa shape index (κ1) is 60.4. The molecular weight excluding hydrogens is 1110 g/mol. The molecule has 0 spiro atoms. The normalized spacial score (nSPS) is 14.4. The van der Waals surface area contributed by atoms with E-state index in [1.54, 1.807) is 85.0 Å². The molecule has 3 aromatic carbocycles. The predicted octanol–water partition coefficient (Wildman–Crippen LogP) is 7.71. The smallest absolute Gasteiger partial charge is 0.413 e. The molecule has 0 saturated carbocycles. The van der Waals surface area contributed by atoms with Crippen molar-refractivity contribution in [1.82, 2.24) is 41.0 Å². The molecule has 7 rings (SSSR count). The number of methoxy groups -OCH3 is 2. The molecule has 81 heavy (non-hydrogen) atoms. The maximum absolute atomic E-state index is 13.9. The van der Waals surface area contributed by atoms with Gasteiger partial charge in [0.25, 0.3) is 17.7 Å². The van der Waals surface area contributed by atoms with Crippen molar-refractivity contribution in [3.8, 4) is 33.6 Å². The second-order valence-electron chi connectivity index (χ2n) is 20.6. The minimum atomic E-state index is -1.67. The van der Waals surface area contributed by atoms with Crippen molar-refractivity contribution in [3.63, 3.8) is 0 Å². The minimum Gasteiger partial charge on any atom is -0.497 e. The fourth-order valence-electron chi connectivity index (χ4n) is 7.28. The van der Waals surface area contributed by atoms with Crippen LogP contribution in [-0.4, -0.2) is 117 Å². The van der Waals surface area contributed by atoms with Crippen LogP contribution in [0.1, 0.15) is 98.7 Å². The van der Waals surface area contributed by atoms with E-state index in [1.807, 2.05) is 48.5 Å². The van der Waals surface area contributed by atoms with Gasteiger partial charge in [-0.1, -0.05) is 41.0 Å². The van der Waals surface area contributed by atoms with E-state index in [2.05, 4.69) is 46.8 Å². The number of aromatic nitrogens is 4. The molecule has 1 aliphatic heterocycles. The summed E-state index contributed by atoms with van der Waals surface area (Å²) in [6.07, 6.45) is 4.53. The highest BCUT2D eigenvalue weighted by molar-refractivity contribution is 7.17. The molecule has 430 valence electrons. The van der Waals surface area contributed by atoms with Crippen molar-refractivity contribution < 1.29 is 62.0 Å². The number of carbonyl (C=O) groups excluding carboxylic acids is 6. The number of rotatable bonds is 24. The van der Waals surface area contributed by atoms with Gasteiger partial charge in [0, 0.05) is 36.8 Å². The third kappa shape index (κ3) is 16.9. The molecule has 23 nitrogen and oxygen atoms in total. The van der Waals surface area contributed by atoms with Crippen LogP contribution >= 0.6 is 34.3 Å². The van der Waals surface area contributed by atoms with Crippen LogP contribution in [0.4, 0.5) is 9.93 Å². The summed E-state index contributed by atoms with van der Waals surface area (Å²) < 4.78 is 35.3. The summed E-state index contributed by atoms with van der Waals surface area (Å²) in [6.45, 7) is 13.9. The van der Waals surface area contributed by atoms with E-state index in [0.717, 1.165) is 33.8 Å². The van der Waals surface area contributed by atoms with Gasteiger partial charge in [0.2, 0.25) is 11.5 Å². The van der Waals surface area contributed by atoms with E-state index in [9.17, 15) is 28.8 Å². The second kappa shape index (κ2) is 26.3. The molecule has 3 aromatic heterocycles. The summed E-state index contributed by atoms with van der Waals surface area (Å²) in [7, 11) is 3.18. The van der Waals surface area contributed by atoms with Crippen LogP contribution in [0.3, 0.4) is 0 Å². The molecule has 26 heteroatoms. The number of amides is 5. The van der Waals surface area contributed by atoms with Gasteiger partial charge >= 0.3 is 12.1 Å². The Bertz CT molecular complexity index is 3260. The molecular formula is C55H63ClN10O13S2. The molecule has 1 fully saturated rings. The lowest BCUT2D eigenvalue weighted by molar-refractivity contribution is -0.179. The number of hydrogen-bond donors (Lipinski definition) is 5. The maximum atomic E-state index is 13.9. The van der Waals surface area contributed by atoms with Gasteiger partial charge in [-0.2, -0.15) is 5.10 Å². The average molecular weight is 1170 g/mol. The fraction of sp³-hybridized carbons (Fsp3) is 0.382. The first-order chi connectivity index (χ1) is 38.4. The highest BCUT2D eigenvalue weighted by Crippen LogP contribution is 2.39. The molecule has 4 heterocycles. The van der Waals surface area contributed by atoms with Crippen molar-refractivity contribution >= 4 is 80.8 Å². The Kier molecular flexibility index (Phi) is 19.6. The third-order valence-corrected chi connectivity index (χ3v) is 13.6. The van der Waals surface area contributed by atoms with Crippen LogP contribution in [0.5, 0.6) is 23.0 Å². The van der Waals surface area contributed by atoms with Gasteiger partial charge in [0.1, 0.15) is 57.5 Å². The lowest BCUT2D eigenvalue weighted by atomic mass is 9.98. The SMILES string of the molecule is COc1ccc(COc2ccc(C(=O)NCCCn3cc(-c4ncc(C(=O)NC[C@H]5NC(=O)[C@H]5NC(=O)/C(=N\OC(C)(C)C(=O)OC(C)(C)C)c5csc(NC(=O)OC(C)(C)C)n5)s4)cn3)c(Cl)c2OCc2ccc(OC)cc2)cc1. The zero-order chi connectivity index (χ0) is 58.6. The van der Waals surface area contributed by atoms with Gasteiger partial charge in [0.15, 0.2) is 22.3 Å². The zero-order valence-electron chi connectivity index (χ0n) is 46.2. The van der Waals surface area contributed by atoms with Crippen LogP contribution in [0.15, 0.2) is 89.8 Å². The monoisotopic (exact) mass is 1170 g/mol. The fourth-order valence-corrected chi connectivity index (χ4v) is 9.06. The number of aryl methyl sites for hydroxylation is 1. The number of ether oxygens (including phenoxy) is 6. The third-order valence-electron chi connectivity index (χ3n) is 11.5. The number of nitrogens with one attached hydrogen (secondary N) is 5. The summed E-state index contributed by atoms with van der Waals surface area (Å²) >= 11 is 8.97. The first-order valence-corrected chi connectivity index (χ1v) is 27.4. The average Bonchev–Trinajstić information content (AvgIpc) is 4.27. The highest BCUT2D eigenvalue weighted by atomic mass is 35.5. The number of β-lactam (4-membered cyclic amide) rings is 1. The van der Waals surface area contributed by atoms with Gasteiger partial charge in [-0.25, -0.2) is 19.6 Å². The largest absolute Gasteiger partial charge is 0.497 e. The molecule has 1 aliphatic rings. The molecule has 0 radical (unpaired) electrons. The van der Waals surface area contributed by atoms with Crippen LogP contribution in [0.25, 0.3) is 10.6 Å². The summed E-state index contributed by atoms with van der Waals surface area (Å²) in [5, 5.41) is 24.0. The Morgan fingerprint density at radius 1 is 0.815 bits per heavy atom. The number of benzene rings is 3. The van der Waals surface area contributed by atoms with Crippen molar-refractivity contribution in [2.75, 3.05) is 32.6 Å². The number of oxime groups is 1. The molecule has 1 saturated heterocycles. The number of esters is 1. The second-order valence-corrected chi connectivity index (χ2v) is 22.9. The topological polar surface area (TPSA) is 283 Å². The number of carbonyl (C=O) groups is 6. The molecule has 5 amide bonds. The van der Waals surface area contributed by atoms with E-state index < -0.39 is 70.3 Å². The number of hydrogen-bond acceptors (Lipinski definition) is 19. The van der Waals surface area contributed by atoms with E-state index in [1.165, 1.54) is 25.4 Å². The number of nitrogens with zero attached hydrogens (tertiary/aromatic N) is 5. The maximum Gasteiger partial charge on any atom is 0.413 e. The first-order valence-electron chi connectivity index (χ1n) is 25.3. The molecule has 5 N–H and O–H groups in total. The molecule has 2 atom stereocenters. The number of anilines is 1. The lowest BCUT2D eigenvalue weighted by Crippen LogP contribution is -2.72. The van der Waals surface area contributed by atoms with E-state index in [-0.39, 0.29) is 58.3 Å². The van der Waals surface area contributed by atoms with Crippen LogP contribution in [0, 0.1) is 0 Å². The van der Waals surface area contributed by atoms with E-state index in [4.69, 9.17) is 44.9 Å². The van der Waals surface area contributed by atoms with Crippen molar-refractivity contribution in [2.24, 2.45) is 5.16 Å². The van der Waals surface area contributed by atoms with Gasteiger partial charge in [-0.3, -0.25) is 29.2 Å². The predicted molar refractivity (Wildman–Crippen MR) is 302 cm³/mol. The summed E-state index contributed by atoms with van der Waals surface area (Å²) in [5.74, 6) is -1.10. The van der Waals surface area contributed by atoms with Crippen molar-refractivity contribution in [1.29, 1.82) is 0 Å². The standard InChI is InChI=1S/C55H63ClN10O13S2/c1-53(2,3)77-50(71)55(7,8)79-65-43(38-30-80-51(62-38)64-52(72)78-54(4,5)6)48(70)63-42-37(61-47(42)69)25-58-46(68)40-26-59-49(81-40)33-24-60-66(27-33)23-11-22-57-45(67)36-20-21-39(75-28-31-12-16-34(73-9)17-13-31)44(41(36)56)76-29-32-14-18-35(74-10)19-15-32/h12-21,24,26-27,30,37,42H,11,22-23,25,28-29H2,1-10H3,(H,57,67)(H,58,68)(H,61,69)(H,63,70)(H,62,64,72)/b65-43-/t37-,42+/m1/s1. The van der Waals surface area contributed by atoms with Gasteiger partial charge < -0.3 is 54.5 Å². The number of thiazole rings is 2. The number of halogens is 1. The van der Waals surface area contributed by atoms with Crippen LogP contribution in [-0.2, 0) is 48.5 Å². The lowest BCUT2D eigenvalue weighted by Gasteiger charge is -2.37. The Morgan fingerprint density at radius 3 is 2.10 bits per heavy atom. The van der Waals surface area contributed by atoms with Gasteiger partial charge in [0.05, 0.1) is 43.2 Å². The Balaban J connectivity index is 0.917. The van der Waals surface area contributed by atoms with Crippen molar-refractivity contribution in [3.05, 3.63) is 117 Å². The Morgan fingerprint density at radius 2 is 1.47 bits per heavy atom. The molecule has 0 aliphatic carbocycles. The van der Waals surface area contributed by atoms with Gasteiger partial charge in [-0.05, 0) is 109 Å². The summed E-state index contributed by atoms with van der Waals surface area (Å²) in [6, 6.07) is 16.2. The van der Waals surface area contributed by atoms with Gasteiger partial charge in [-0.15, -0.1) is 22.7 Å². The highest BCUT2D eigenvalue weighted by Gasteiger charge is 2.42. The molecule has 0 unspecified atom stereocenters. The minimum absolute atomic E-state index is 0.0515.